The molecule has 32 heavy (non-hydrogen) atoms. The number of carbonyl (C=O) groups excluding carboxylic acids is 1. The molecule has 174 valence electrons. The number of benzene rings is 1. The van der Waals surface area contributed by atoms with Crippen LogP contribution in [0.15, 0.2) is 41.7 Å². The molecule has 1 atom stereocenters. The average molecular weight is 442 g/mol. The van der Waals surface area contributed by atoms with Crippen molar-refractivity contribution in [3.05, 3.63) is 42.2 Å². The number of aliphatic imine (C=N–C) groups is 1. The van der Waals surface area contributed by atoms with E-state index in [1.807, 2.05) is 49.1 Å². The molecule has 2 aromatic rings. The maximum Gasteiger partial charge on any atom is 0.257 e. The summed E-state index contributed by atoms with van der Waals surface area (Å²) >= 11 is 0. The minimum atomic E-state index is -0.123. The van der Waals surface area contributed by atoms with Crippen LogP contribution in [0.3, 0.4) is 0 Å². The summed E-state index contributed by atoms with van der Waals surface area (Å²) in [6.07, 6.45) is 6.20. The molecule has 1 aromatic carbocycles. The standard InChI is InChI=1S/C23H35N7O2/c1-4-24-22(31)17-32-21-10-6-8-18(12-21)13-26-23(25-5-2)28-19-9-7-11-30(15-19)20-14-27-29(3)16-20/h6,8,10,12,14,16,19H,4-5,7,9,11,13,15,17H2,1-3H3,(H,24,31)(H2,25,26,28). The molecule has 2 heterocycles. The summed E-state index contributed by atoms with van der Waals surface area (Å²) in [5.74, 6) is 1.35. The molecule has 9 heteroatoms. The summed E-state index contributed by atoms with van der Waals surface area (Å²) in [6.45, 7) is 7.83. The molecule has 3 N–H and O–H groups in total. The highest BCUT2D eigenvalue weighted by molar-refractivity contribution is 5.80. The molecular weight excluding hydrogens is 406 g/mol. The third-order valence-electron chi connectivity index (χ3n) is 5.22. The largest absolute Gasteiger partial charge is 0.484 e. The summed E-state index contributed by atoms with van der Waals surface area (Å²) < 4.78 is 7.43. The minimum Gasteiger partial charge on any atom is -0.484 e. The van der Waals surface area contributed by atoms with Crippen molar-refractivity contribution in [3.8, 4) is 5.75 Å². The SMILES string of the molecule is CCNC(=O)COc1cccc(CN=C(NCC)NC2CCCN(c3cnn(C)c3)C2)c1. The number of carbonyl (C=O) groups is 1. The molecule has 1 saturated heterocycles. The van der Waals surface area contributed by atoms with Crippen LogP contribution in [0.1, 0.15) is 32.3 Å². The number of hydrogen-bond donors (Lipinski definition) is 3. The van der Waals surface area contributed by atoms with Crippen molar-refractivity contribution < 1.29 is 9.53 Å². The Kier molecular flexibility index (Phi) is 8.77. The molecule has 0 bridgehead atoms. The smallest absolute Gasteiger partial charge is 0.257 e. The Bertz CT molecular complexity index is 896. The van der Waals surface area contributed by atoms with E-state index >= 15 is 0 Å². The molecule has 1 amide bonds. The Labute approximate surface area is 190 Å². The zero-order valence-electron chi connectivity index (χ0n) is 19.3. The molecule has 0 aliphatic carbocycles. The Morgan fingerprint density at radius 2 is 2.12 bits per heavy atom. The van der Waals surface area contributed by atoms with Gasteiger partial charge >= 0.3 is 0 Å². The normalized spacial score (nSPS) is 16.5. The number of aryl methyl sites for hydroxylation is 1. The van der Waals surface area contributed by atoms with Gasteiger partial charge in [-0.2, -0.15) is 5.10 Å². The van der Waals surface area contributed by atoms with Gasteiger partial charge in [-0.3, -0.25) is 9.48 Å². The van der Waals surface area contributed by atoms with E-state index in [4.69, 9.17) is 9.73 Å². The van der Waals surface area contributed by atoms with Crippen molar-refractivity contribution in [3.63, 3.8) is 0 Å². The fourth-order valence-corrected chi connectivity index (χ4v) is 3.72. The van der Waals surface area contributed by atoms with Crippen LogP contribution in [-0.2, 0) is 18.4 Å². The zero-order chi connectivity index (χ0) is 22.8. The van der Waals surface area contributed by atoms with Gasteiger partial charge in [-0.1, -0.05) is 12.1 Å². The number of piperidine rings is 1. The highest BCUT2D eigenvalue weighted by Gasteiger charge is 2.21. The first-order chi connectivity index (χ1) is 15.6. The highest BCUT2D eigenvalue weighted by atomic mass is 16.5. The lowest BCUT2D eigenvalue weighted by Gasteiger charge is -2.34. The molecule has 3 rings (SSSR count). The van der Waals surface area contributed by atoms with Crippen molar-refractivity contribution in [2.75, 3.05) is 37.7 Å². The number of hydrogen-bond acceptors (Lipinski definition) is 5. The van der Waals surface area contributed by atoms with Gasteiger partial charge in [0.1, 0.15) is 5.75 Å². The molecule has 1 unspecified atom stereocenters. The van der Waals surface area contributed by atoms with Crippen LogP contribution in [0.5, 0.6) is 5.75 Å². The van der Waals surface area contributed by atoms with Crippen molar-refractivity contribution in [1.82, 2.24) is 25.7 Å². The van der Waals surface area contributed by atoms with E-state index in [1.54, 1.807) is 0 Å². The Morgan fingerprint density at radius 1 is 1.28 bits per heavy atom. The Hall–Kier alpha value is -3.23. The van der Waals surface area contributed by atoms with Crippen LogP contribution in [0.25, 0.3) is 0 Å². The summed E-state index contributed by atoms with van der Waals surface area (Å²) in [4.78, 5) is 18.7. The second kappa shape index (κ2) is 12.0. The number of amides is 1. The molecule has 1 fully saturated rings. The molecule has 0 radical (unpaired) electrons. The van der Waals surface area contributed by atoms with E-state index in [1.165, 1.54) is 0 Å². The monoisotopic (exact) mass is 441 g/mol. The van der Waals surface area contributed by atoms with Crippen LogP contribution in [0.2, 0.25) is 0 Å². The molecule has 9 nitrogen and oxygen atoms in total. The maximum atomic E-state index is 11.6. The number of anilines is 1. The third kappa shape index (κ3) is 7.18. The van der Waals surface area contributed by atoms with E-state index in [9.17, 15) is 4.79 Å². The lowest BCUT2D eigenvalue weighted by molar-refractivity contribution is -0.122. The van der Waals surface area contributed by atoms with Crippen molar-refractivity contribution in [2.24, 2.45) is 12.0 Å². The molecule has 1 aliphatic rings. The first kappa shape index (κ1) is 23.4. The van der Waals surface area contributed by atoms with Gasteiger partial charge in [-0.25, -0.2) is 4.99 Å². The van der Waals surface area contributed by atoms with Gasteiger partial charge in [0, 0.05) is 45.5 Å². The van der Waals surface area contributed by atoms with Crippen LogP contribution < -0.4 is 25.6 Å². The summed E-state index contributed by atoms with van der Waals surface area (Å²) in [5, 5.41) is 14.0. The minimum absolute atomic E-state index is 0.0138. The molecular formula is C23H35N7O2. The van der Waals surface area contributed by atoms with Gasteiger partial charge in [0.25, 0.3) is 5.91 Å². The number of likely N-dealkylation sites (N-methyl/N-ethyl adjacent to an activating group) is 1. The second-order valence-corrected chi connectivity index (χ2v) is 7.89. The van der Waals surface area contributed by atoms with Gasteiger partial charge in [-0.15, -0.1) is 0 Å². The quantitative estimate of drug-likeness (QED) is 0.405. The first-order valence-corrected chi connectivity index (χ1v) is 11.3. The lowest BCUT2D eigenvalue weighted by Crippen LogP contribution is -2.51. The van der Waals surface area contributed by atoms with Crippen molar-refractivity contribution in [2.45, 2.75) is 39.3 Å². The highest BCUT2D eigenvalue weighted by Crippen LogP contribution is 2.19. The van der Waals surface area contributed by atoms with Gasteiger partial charge in [-0.05, 0) is 44.4 Å². The van der Waals surface area contributed by atoms with Gasteiger partial charge in [0.2, 0.25) is 0 Å². The van der Waals surface area contributed by atoms with Crippen LogP contribution >= 0.6 is 0 Å². The van der Waals surface area contributed by atoms with Crippen LogP contribution in [0, 0.1) is 0 Å². The van der Waals surface area contributed by atoms with Crippen molar-refractivity contribution in [1.29, 1.82) is 0 Å². The fraction of sp³-hybridized carbons (Fsp3) is 0.522. The summed E-state index contributed by atoms with van der Waals surface area (Å²) in [6, 6.07) is 8.03. The number of rotatable bonds is 9. The summed E-state index contributed by atoms with van der Waals surface area (Å²) in [5.41, 5.74) is 2.18. The number of aromatic nitrogens is 2. The van der Waals surface area contributed by atoms with Gasteiger partial charge < -0.3 is 25.6 Å². The van der Waals surface area contributed by atoms with Gasteiger partial charge in [0.05, 0.1) is 18.4 Å². The van der Waals surface area contributed by atoms with E-state index < -0.39 is 0 Å². The molecule has 1 aliphatic heterocycles. The topological polar surface area (TPSA) is 95.8 Å². The van der Waals surface area contributed by atoms with Crippen LogP contribution in [0.4, 0.5) is 5.69 Å². The predicted octanol–water partition coefficient (Wildman–Crippen LogP) is 1.66. The zero-order valence-corrected chi connectivity index (χ0v) is 19.3. The van der Waals surface area contributed by atoms with E-state index in [2.05, 4.69) is 39.1 Å². The maximum absolute atomic E-state index is 11.6. The Morgan fingerprint density at radius 3 is 2.88 bits per heavy atom. The van der Waals surface area contributed by atoms with Crippen molar-refractivity contribution >= 4 is 17.6 Å². The third-order valence-corrected chi connectivity index (χ3v) is 5.22. The van der Waals surface area contributed by atoms with E-state index in [0.717, 1.165) is 49.7 Å². The van der Waals surface area contributed by atoms with Gasteiger partial charge in [0.15, 0.2) is 12.6 Å². The molecule has 0 saturated carbocycles. The number of nitrogens with one attached hydrogen (secondary N) is 3. The molecule has 0 spiro atoms. The second-order valence-electron chi connectivity index (χ2n) is 7.89. The Balaban J connectivity index is 1.57. The predicted molar refractivity (Wildman–Crippen MR) is 127 cm³/mol. The van der Waals surface area contributed by atoms with Crippen LogP contribution in [-0.4, -0.2) is 60.5 Å². The number of nitrogens with zero attached hydrogens (tertiary/aromatic N) is 4. The van der Waals surface area contributed by atoms with E-state index in [0.29, 0.717) is 24.9 Å². The molecule has 1 aromatic heterocycles. The lowest BCUT2D eigenvalue weighted by atomic mass is 10.1. The average Bonchev–Trinajstić information content (AvgIpc) is 3.23. The summed E-state index contributed by atoms with van der Waals surface area (Å²) in [7, 11) is 1.94. The van der Waals surface area contributed by atoms with E-state index in [-0.39, 0.29) is 12.5 Å². The fourth-order valence-electron chi connectivity index (χ4n) is 3.72. The number of ether oxygens (including phenoxy) is 1. The number of guanidine groups is 1. The first-order valence-electron chi connectivity index (χ1n) is 11.3.